The van der Waals surface area contributed by atoms with Gasteiger partial charge in [-0.2, -0.15) is 0 Å². The van der Waals surface area contributed by atoms with Crippen LogP contribution >= 0.6 is 0 Å². The van der Waals surface area contributed by atoms with Gasteiger partial charge in [0, 0.05) is 25.7 Å². The highest BCUT2D eigenvalue weighted by Crippen LogP contribution is 2.53. The Hall–Kier alpha value is -3.83. The monoisotopic (exact) mass is 523 g/mol. The Kier molecular flexibility index (Phi) is 5.84. The summed E-state index contributed by atoms with van der Waals surface area (Å²) in [6.45, 7) is 0. The van der Waals surface area contributed by atoms with Gasteiger partial charge in [-0.3, -0.25) is 28.9 Å². The van der Waals surface area contributed by atoms with E-state index in [1.165, 1.54) is 11.2 Å². The summed E-state index contributed by atoms with van der Waals surface area (Å²) in [5.74, 6) is -10.4. The predicted octanol–water partition coefficient (Wildman–Crippen LogP) is 0.193. The molecule has 0 aliphatic heterocycles. The number of furan rings is 1. The summed E-state index contributed by atoms with van der Waals surface area (Å²) >= 11 is 0. The average molecular weight is 524 g/mol. The van der Waals surface area contributed by atoms with E-state index >= 15 is 0 Å². The Morgan fingerprint density at radius 1 is 1.13 bits per heavy atom. The molecule has 0 saturated heterocycles. The third-order valence-electron chi connectivity index (χ3n) is 8.31. The van der Waals surface area contributed by atoms with E-state index < -0.39 is 64.4 Å². The number of anilines is 1. The number of primary amides is 1. The maximum Gasteiger partial charge on any atom is 0.235 e. The third kappa shape index (κ3) is 3.31. The summed E-state index contributed by atoms with van der Waals surface area (Å²) in [7, 11) is 6.66. The fourth-order valence-corrected chi connectivity index (χ4v) is 6.67. The average Bonchev–Trinajstić information content (AvgIpc) is 3.35. The van der Waals surface area contributed by atoms with Gasteiger partial charge >= 0.3 is 0 Å². The van der Waals surface area contributed by atoms with Gasteiger partial charge in [0.2, 0.25) is 5.91 Å². The second kappa shape index (κ2) is 8.60. The number of aromatic hydroxyl groups is 1. The minimum Gasteiger partial charge on any atom is -0.506 e. The lowest BCUT2D eigenvalue weighted by Gasteiger charge is -2.52. The molecule has 2 aromatic rings. The summed E-state index contributed by atoms with van der Waals surface area (Å²) in [6.07, 6.45) is 1.61. The van der Waals surface area contributed by atoms with E-state index in [1.54, 1.807) is 51.3 Å². The van der Waals surface area contributed by atoms with E-state index in [2.05, 4.69) is 0 Å². The quantitative estimate of drug-likeness (QED) is 0.470. The molecule has 2 saturated carbocycles. The van der Waals surface area contributed by atoms with Crippen LogP contribution in [0.3, 0.4) is 0 Å². The number of hydrogen-bond acceptors (Lipinski definition) is 10. The van der Waals surface area contributed by atoms with Crippen LogP contribution in [0.5, 0.6) is 5.75 Å². The van der Waals surface area contributed by atoms with Crippen LogP contribution in [-0.2, 0) is 25.6 Å². The van der Waals surface area contributed by atoms with E-state index in [0.717, 1.165) is 0 Å². The third-order valence-corrected chi connectivity index (χ3v) is 8.31. The Bertz CT molecular complexity index is 1400. The number of nitrogens with two attached hydrogens (primary N) is 1. The maximum absolute atomic E-state index is 14.0. The number of amides is 1. The maximum atomic E-state index is 14.0. The van der Waals surface area contributed by atoms with Crippen LogP contribution in [-0.4, -0.2) is 84.0 Å². The molecule has 1 aromatic carbocycles. The van der Waals surface area contributed by atoms with Crippen molar-refractivity contribution in [3.8, 4) is 17.1 Å². The number of phenolic OH excluding ortho intramolecular Hbond substituents is 1. The number of benzene rings is 1. The molecular weight excluding hydrogens is 494 g/mol. The van der Waals surface area contributed by atoms with Crippen LogP contribution in [0.25, 0.3) is 11.3 Å². The topological polar surface area (TPSA) is 171 Å². The first kappa shape index (κ1) is 25.8. The van der Waals surface area contributed by atoms with Gasteiger partial charge in [0.05, 0.1) is 29.3 Å². The number of aliphatic hydroxyl groups is 1. The lowest BCUT2D eigenvalue weighted by molar-refractivity contribution is -0.181. The molecule has 0 spiro atoms. The molecule has 3 aliphatic rings. The first-order valence-corrected chi connectivity index (χ1v) is 12.3. The molecule has 6 atom stereocenters. The molecule has 2 unspecified atom stereocenters. The minimum atomic E-state index is -2.75. The normalized spacial score (nSPS) is 30.6. The number of hydrogen-bond donors (Lipinski definition) is 3. The van der Waals surface area contributed by atoms with Crippen molar-refractivity contribution in [2.45, 2.75) is 24.5 Å². The molecule has 1 heterocycles. The van der Waals surface area contributed by atoms with Crippen molar-refractivity contribution in [2.24, 2.45) is 29.4 Å². The molecule has 0 radical (unpaired) electrons. The van der Waals surface area contributed by atoms with Gasteiger partial charge in [-0.05, 0) is 56.6 Å². The van der Waals surface area contributed by atoms with Crippen molar-refractivity contribution in [2.75, 3.05) is 33.1 Å². The molecule has 11 heteroatoms. The molecule has 5 rings (SSSR count). The molecule has 1 amide bonds. The van der Waals surface area contributed by atoms with E-state index in [-0.39, 0.29) is 29.7 Å². The van der Waals surface area contributed by atoms with Crippen LogP contribution in [0.1, 0.15) is 22.3 Å². The molecule has 200 valence electrons. The zero-order valence-electron chi connectivity index (χ0n) is 21.4. The van der Waals surface area contributed by atoms with Gasteiger partial charge in [0.25, 0.3) is 0 Å². The van der Waals surface area contributed by atoms with E-state index in [4.69, 9.17) is 10.2 Å². The first-order valence-electron chi connectivity index (χ1n) is 12.3. The zero-order chi connectivity index (χ0) is 27.8. The van der Waals surface area contributed by atoms with Crippen molar-refractivity contribution in [3.05, 3.63) is 35.6 Å². The Balaban J connectivity index is 1.69. The number of fused-ring (bicyclic) bond motifs is 3. The zero-order valence-corrected chi connectivity index (χ0v) is 21.4. The molecule has 0 bridgehead atoms. The first-order chi connectivity index (χ1) is 17.8. The smallest absolute Gasteiger partial charge is 0.235 e. The van der Waals surface area contributed by atoms with E-state index in [1.807, 2.05) is 0 Å². The SMILES string of the molecule is CN(C)c1cc(-c2ccco2)c(O)c2c1C[C@H]1C[C@H]3[C@H](N(C)C)C(=O)C(C(N)=O)C(=O)[C@@]3(O)C(=O)C1C2=O. The fourth-order valence-electron chi connectivity index (χ4n) is 6.67. The number of likely N-dealkylation sites (N-methyl/N-ethyl adjacent to an activating group) is 1. The molecule has 2 fully saturated rings. The number of ketones is 4. The van der Waals surface area contributed by atoms with Crippen molar-refractivity contribution < 1.29 is 38.6 Å². The number of rotatable bonds is 4. The number of nitrogens with zero attached hydrogens (tertiary/aromatic N) is 2. The van der Waals surface area contributed by atoms with Crippen molar-refractivity contribution in [3.63, 3.8) is 0 Å². The largest absolute Gasteiger partial charge is 0.506 e. The summed E-state index contributed by atoms with van der Waals surface area (Å²) in [4.78, 5) is 69.8. The summed E-state index contributed by atoms with van der Waals surface area (Å²) in [5, 5.41) is 22.9. The van der Waals surface area contributed by atoms with Gasteiger partial charge < -0.3 is 25.3 Å². The number of carbonyl (C=O) groups is 5. The molecule has 1 aromatic heterocycles. The minimum absolute atomic E-state index is 0.00252. The van der Waals surface area contributed by atoms with E-state index in [0.29, 0.717) is 17.0 Å². The molecule has 3 aliphatic carbocycles. The molecule has 11 nitrogen and oxygen atoms in total. The van der Waals surface area contributed by atoms with Crippen LogP contribution < -0.4 is 10.6 Å². The van der Waals surface area contributed by atoms with Gasteiger partial charge in [0.1, 0.15) is 11.5 Å². The predicted molar refractivity (Wildman–Crippen MR) is 133 cm³/mol. The van der Waals surface area contributed by atoms with Crippen LogP contribution in [0.4, 0.5) is 5.69 Å². The highest BCUT2D eigenvalue weighted by Gasteiger charge is 2.69. The van der Waals surface area contributed by atoms with E-state index in [9.17, 15) is 34.2 Å². The van der Waals surface area contributed by atoms with Gasteiger partial charge in [-0.15, -0.1) is 0 Å². The molecular formula is C27H29N3O8. The van der Waals surface area contributed by atoms with Gasteiger partial charge in [0.15, 0.2) is 34.7 Å². The number of Topliss-reactive ketones (excluding diaryl/α,β-unsaturated/α-hetero) is 4. The summed E-state index contributed by atoms with van der Waals surface area (Å²) in [5.41, 5.74) is 3.94. The fraction of sp³-hybridized carbons (Fsp3) is 0.444. The highest BCUT2D eigenvalue weighted by molar-refractivity contribution is 6.32. The number of carbonyl (C=O) groups excluding carboxylic acids is 5. The van der Waals surface area contributed by atoms with Crippen molar-refractivity contribution >= 4 is 34.7 Å². The molecule has 4 N–H and O–H groups in total. The summed E-state index contributed by atoms with van der Waals surface area (Å²) in [6, 6.07) is 3.82. The van der Waals surface area contributed by atoms with Crippen molar-refractivity contribution in [1.82, 2.24) is 4.90 Å². The van der Waals surface area contributed by atoms with Crippen LogP contribution in [0.15, 0.2) is 28.9 Å². The van der Waals surface area contributed by atoms with Crippen LogP contribution in [0.2, 0.25) is 0 Å². The highest BCUT2D eigenvalue weighted by atomic mass is 16.3. The second-order valence-electron chi connectivity index (χ2n) is 10.8. The Labute approximate surface area is 218 Å². The van der Waals surface area contributed by atoms with Crippen LogP contribution in [0, 0.1) is 23.7 Å². The van der Waals surface area contributed by atoms with Gasteiger partial charge in [-0.1, -0.05) is 0 Å². The Morgan fingerprint density at radius 3 is 2.37 bits per heavy atom. The lowest BCUT2D eigenvalue weighted by Crippen LogP contribution is -2.74. The van der Waals surface area contributed by atoms with Gasteiger partial charge in [-0.25, -0.2) is 0 Å². The van der Waals surface area contributed by atoms with Crippen molar-refractivity contribution in [1.29, 1.82) is 0 Å². The number of phenols is 1. The summed E-state index contributed by atoms with van der Waals surface area (Å²) < 4.78 is 5.45. The lowest BCUT2D eigenvalue weighted by atomic mass is 9.52. The molecule has 38 heavy (non-hydrogen) atoms. The second-order valence-corrected chi connectivity index (χ2v) is 10.8. The standard InChI is InChI=1S/C27H29N3O8/c1-29(2)15-10-13(16-6-5-7-38-16)21(31)18-12(15)8-11-9-14-20(30(3)4)23(33)19(26(28)36)25(35)27(14,37)24(34)17(11)22(18)32/h5-7,10-11,14,17,19-20,31,37H,8-9H2,1-4H3,(H2,28,36)/t11-,14-,17?,19?,20-,27-/m0/s1. The Morgan fingerprint density at radius 2 is 1.82 bits per heavy atom.